The van der Waals surface area contributed by atoms with Crippen LogP contribution in [0.3, 0.4) is 0 Å². The van der Waals surface area contributed by atoms with Crippen molar-refractivity contribution < 1.29 is 55.6 Å². The molecule has 2 aliphatic carbocycles. The second kappa shape index (κ2) is 16.4. The molecule has 6 aromatic rings. The van der Waals surface area contributed by atoms with Gasteiger partial charge in [-0.3, -0.25) is 23.2 Å². The van der Waals surface area contributed by atoms with Gasteiger partial charge in [0, 0.05) is 41.2 Å². The molecule has 0 spiro atoms. The van der Waals surface area contributed by atoms with Crippen LogP contribution in [-0.2, 0) is 10.3 Å². The topological polar surface area (TPSA) is 159 Å². The van der Waals surface area contributed by atoms with Crippen LogP contribution in [0.15, 0.2) is 73.3 Å². The summed E-state index contributed by atoms with van der Waals surface area (Å²) in [5.74, 6) is -1.39. The number of epoxide rings is 1. The highest BCUT2D eigenvalue weighted by Crippen LogP contribution is 2.41. The van der Waals surface area contributed by atoms with E-state index in [4.69, 9.17) is 18.9 Å². The van der Waals surface area contributed by atoms with Gasteiger partial charge >= 0.3 is 13.2 Å². The number of hydrogen-bond acceptors (Lipinski definition) is 10. The lowest BCUT2D eigenvalue weighted by atomic mass is 10.0. The number of ether oxygens (including phenoxy) is 5. The smallest absolute Gasteiger partial charge is 0.387 e. The van der Waals surface area contributed by atoms with E-state index >= 15 is 0 Å². The summed E-state index contributed by atoms with van der Waals surface area (Å²) < 4.78 is 81.6. The number of aromatic nitrogens is 4. The average molecular weight is 845 g/mol. The molecule has 2 amide bonds. The fourth-order valence-corrected chi connectivity index (χ4v) is 6.80. The largest absolute Gasteiger partial charge is 0.496 e. The summed E-state index contributed by atoms with van der Waals surface area (Å²) in [6, 6.07) is 13.2. The summed E-state index contributed by atoms with van der Waals surface area (Å²) in [7, 11) is 2.74. The van der Waals surface area contributed by atoms with Crippen LogP contribution in [0.1, 0.15) is 76.2 Å². The van der Waals surface area contributed by atoms with Crippen LogP contribution in [0.2, 0.25) is 0 Å². The molecule has 1 saturated heterocycles. The van der Waals surface area contributed by atoms with Gasteiger partial charge in [-0.2, -0.15) is 17.6 Å². The number of carbonyl (C=O) groups excluding carboxylic acids is 3. The lowest BCUT2D eigenvalue weighted by molar-refractivity contribution is -0.0509. The fraction of sp³-hybridized carbons (Fsp3) is 0.326. The van der Waals surface area contributed by atoms with Gasteiger partial charge < -0.3 is 34.3 Å². The third-order valence-corrected chi connectivity index (χ3v) is 10.5. The summed E-state index contributed by atoms with van der Waals surface area (Å²) in [5.41, 5.74) is 4.52. The number of benzene rings is 2. The SMILES string of the molecule is COc1cc(-c2cnc3cc(C(C)=O)ccn23)cc(OC(F)F)c1C(=O)NC1CC1.COc1cc(-c2cnc3cc(C4(C)CO4)ccn23)cc(OC(F)F)c1C(=O)NC1CC1. The van der Waals surface area contributed by atoms with Crippen molar-refractivity contribution in [1.29, 1.82) is 0 Å². The van der Waals surface area contributed by atoms with Crippen LogP contribution in [0.4, 0.5) is 17.6 Å². The number of carbonyl (C=O) groups is 3. The van der Waals surface area contributed by atoms with E-state index in [0.29, 0.717) is 46.0 Å². The maximum Gasteiger partial charge on any atom is 0.387 e. The Kier molecular flexibility index (Phi) is 11.0. The Labute approximate surface area is 345 Å². The lowest BCUT2D eigenvalue weighted by Gasteiger charge is -2.16. The van der Waals surface area contributed by atoms with Gasteiger partial charge in [-0.15, -0.1) is 0 Å². The minimum atomic E-state index is -3.11. The van der Waals surface area contributed by atoms with Crippen molar-refractivity contribution in [3.05, 3.63) is 95.6 Å². The Morgan fingerprint density at radius 1 is 0.721 bits per heavy atom. The zero-order chi connectivity index (χ0) is 43.2. The predicted octanol–water partition coefficient (Wildman–Crippen LogP) is 7.46. The van der Waals surface area contributed by atoms with Crippen LogP contribution in [-0.4, -0.2) is 82.5 Å². The predicted molar refractivity (Wildman–Crippen MR) is 212 cm³/mol. The number of rotatable bonds is 14. The Hall–Kier alpha value is -6.69. The van der Waals surface area contributed by atoms with E-state index in [0.717, 1.165) is 31.2 Å². The first-order valence-corrected chi connectivity index (χ1v) is 19.3. The summed E-state index contributed by atoms with van der Waals surface area (Å²) in [5, 5.41) is 5.56. The zero-order valence-electron chi connectivity index (χ0n) is 33.3. The normalized spacial score (nSPS) is 16.9. The second-order valence-corrected chi connectivity index (χ2v) is 15.0. The molecule has 18 heteroatoms. The molecule has 14 nitrogen and oxygen atoms in total. The van der Waals surface area contributed by atoms with Crippen LogP contribution >= 0.6 is 0 Å². The lowest BCUT2D eigenvalue weighted by Crippen LogP contribution is -2.26. The van der Waals surface area contributed by atoms with E-state index in [1.807, 2.05) is 29.7 Å². The number of ketones is 1. The maximum absolute atomic E-state index is 13.1. The van der Waals surface area contributed by atoms with Gasteiger partial charge in [-0.25, -0.2) is 9.97 Å². The Bertz CT molecular complexity index is 2670. The van der Waals surface area contributed by atoms with Crippen LogP contribution in [0.25, 0.3) is 33.8 Å². The number of Topliss-reactive ketones (excluding diaryl/α,β-unsaturated/α-hetero) is 1. The molecule has 3 fully saturated rings. The minimum Gasteiger partial charge on any atom is -0.496 e. The quantitative estimate of drug-likeness (QED) is 0.0641. The van der Waals surface area contributed by atoms with Crippen LogP contribution < -0.4 is 29.6 Å². The fourth-order valence-electron chi connectivity index (χ4n) is 6.80. The maximum atomic E-state index is 13.1. The van der Waals surface area contributed by atoms with Crippen molar-refractivity contribution in [2.75, 3.05) is 20.8 Å². The first-order chi connectivity index (χ1) is 29.2. The Morgan fingerprint density at radius 2 is 1.16 bits per heavy atom. The molecule has 1 unspecified atom stereocenters. The van der Waals surface area contributed by atoms with Crippen molar-refractivity contribution in [2.24, 2.45) is 0 Å². The first-order valence-electron chi connectivity index (χ1n) is 19.3. The van der Waals surface area contributed by atoms with Crippen molar-refractivity contribution in [2.45, 2.75) is 70.4 Å². The molecular weight excluding hydrogens is 804 g/mol. The van der Waals surface area contributed by atoms with Gasteiger partial charge in [-0.1, -0.05) is 0 Å². The van der Waals surface area contributed by atoms with Gasteiger partial charge in [0.1, 0.15) is 51.0 Å². The number of methoxy groups -OCH3 is 2. The van der Waals surface area contributed by atoms with Gasteiger partial charge in [0.2, 0.25) is 0 Å². The highest BCUT2D eigenvalue weighted by atomic mass is 19.3. The number of imidazole rings is 2. The molecule has 3 aliphatic rings. The molecule has 318 valence electrons. The van der Waals surface area contributed by atoms with Crippen molar-refractivity contribution >= 4 is 28.9 Å². The second-order valence-electron chi connectivity index (χ2n) is 15.0. The van der Waals surface area contributed by atoms with E-state index in [-0.39, 0.29) is 57.6 Å². The van der Waals surface area contributed by atoms with Crippen LogP contribution in [0.5, 0.6) is 23.0 Å². The minimum absolute atomic E-state index is 0.0375. The molecule has 0 bridgehead atoms. The van der Waals surface area contributed by atoms with E-state index in [1.165, 1.54) is 33.3 Å². The first kappa shape index (κ1) is 41.1. The number of hydrogen-bond donors (Lipinski definition) is 2. The molecule has 9 rings (SSSR count). The summed E-state index contributed by atoms with van der Waals surface area (Å²) in [4.78, 5) is 45.6. The van der Waals surface area contributed by atoms with E-state index in [2.05, 4.69) is 25.3 Å². The molecule has 5 heterocycles. The molecular formula is C43H40F4N6O8. The Balaban J connectivity index is 0.000000169. The molecule has 61 heavy (non-hydrogen) atoms. The van der Waals surface area contributed by atoms with E-state index in [9.17, 15) is 31.9 Å². The zero-order valence-corrected chi connectivity index (χ0v) is 33.3. The van der Waals surface area contributed by atoms with E-state index < -0.39 is 25.0 Å². The molecule has 2 saturated carbocycles. The number of fused-ring (bicyclic) bond motifs is 2. The average Bonchev–Trinajstić information content (AvgIpc) is 4.20. The molecule has 0 radical (unpaired) electrons. The third kappa shape index (κ3) is 8.80. The van der Waals surface area contributed by atoms with Gasteiger partial charge in [-0.05, 0) is 93.6 Å². The number of nitrogens with one attached hydrogen (secondary N) is 2. The van der Waals surface area contributed by atoms with Gasteiger partial charge in [0.25, 0.3) is 11.8 Å². The monoisotopic (exact) mass is 844 g/mol. The Morgan fingerprint density at radius 3 is 1.57 bits per heavy atom. The molecule has 2 N–H and O–H groups in total. The molecule has 2 aromatic carbocycles. The number of alkyl halides is 4. The molecule has 1 atom stereocenters. The number of halogens is 4. The number of amides is 2. The van der Waals surface area contributed by atoms with Gasteiger partial charge in [0.15, 0.2) is 5.78 Å². The highest BCUT2D eigenvalue weighted by molar-refractivity contribution is 6.02. The van der Waals surface area contributed by atoms with Crippen molar-refractivity contribution in [3.63, 3.8) is 0 Å². The number of nitrogens with zero attached hydrogens (tertiary/aromatic N) is 4. The van der Waals surface area contributed by atoms with Crippen molar-refractivity contribution in [1.82, 2.24) is 29.4 Å². The third-order valence-electron chi connectivity index (χ3n) is 10.5. The number of pyridine rings is 2. The standard InChI is InChI=1S/C22H21F2N3O4.C21H19F2N3O4/c1-22(11-30-22)13-5-6-27-15(10-25-18(27)9-13)12-7-16(29-2)19(17(8-12)31-21(23)24)20(28)26-14-3-4-14;1-11(27)12-5-6-26-15(10-24-18(26)9-12)13-7-16(29-2)19(17(8-13)30-21(22)23)20(28)25-14-3-4-14/h5-10,14,21H,3-4,11H2,1-2H3,(H,26,28);5-10,14,21H,3-4H2,1-2H3,(H,25,28). The van der Waals surface area contributed by atoms with E-state index in [1.54, 1.807) is 47.3 Å². The molecule has 1 aliphatic heterocycles. The summed E-state index contributed by atoms with van der Waals surface area (Å²) in [6.45, 7) is -2.08. The van der Waals surface area contributed by atoms with Crippen LogP contribution in [0, 0.1) is 0 Å². The molecule has 4 aromatic heterocycles. The van der Waals surface area contributed by atoms with Crippen molar-refractivity contribution in [3.8, 4) is 45.5 Å². The van der Waals surface area contributed by atoms with Gasteiger partial charge in [0.05, 0.1) is 44.6 Å². The summed E-state index contributed by atoms with van der Waals surface area (Å²) in [6.07, 6.45) is 10.1. The summed E-state index contributed by atoms with van der Waals surface area (Å²) >= 11 is 0. The highest BCUT2D eigenvalue weighted by Gasteiger charge is 2.41.